The lowest BCUT2D eigenvalue weighted by Gasteiger charge is -2.10. The maximum Gasteiger partial charge on any atom is 0.228 e. The molecule has 1 atom stereocenters. The Hall–Kier alpha value is -0.960. The zero-order valence-corrected chi connectivity index (χ0v) is 9.30. The number of thioether (sulfide) groups is 1. The van der Waals surface area contributed by atoms with E-state index in [4.69, 9.17) is 0 Å². The summed E-state index contributed by atoms with van der Waals surface area (Å²) in [5, 5.41) is 2.87. The summed E-state index contributed by atoms with van der Waals surface area (Å²) in [6.07, 6.45) is 2.01. The first-order chi connectivity index (χ1) is 6.74. The van der Waals surface area contributed by atoms with Crippen LogP contribution < -0.4 is 5.32 Å². The third kappa shape index (κ3) is 3.42. The summed E-state index contributed by atoms with van der Waals surface area (Å²) in [6.45, 7) is 1.94. The quantitative estimate of drug-likeness (QED) is 0.826. The lowest BCUT2D eigenvalue weighted by Crippen LogP contribution is -2.21. The molecular weight excluding hydrogens is 194 g/mol. The first-order valence-corrected chi connectivity index (χ1v) is 5.98. The minimum absolute atomic E-state index is 0.0604. The largest absolute Gasteiger partial charge is 0.326 e. The molecule has 14 heavy (non-hydrogen) atoms. The smallest absolute Gasteiger partial charge is 0.228 e. The number of hydrogen-bond acceptors (Lipinski definition) is 2. The Kier molecular flexibility index (Phi) is 4.53. The summed E-state index contributed by atoms with van der Waals surface area (Å²) in [5.74, 6) is 1.01. The second-order valence-corrected chi connectivity index (χ2v) is 4.12. The molecule has 1 amide bonds. The molecule has 0 spiro atoms. The molecule has 0 bridgehead atoms. The van der Waals surface area contributed by atoms with E-state index in [0.29, 0.717) is 0 Å². The van der Waals surface area contributed by atoms with Crippen molar-refractivity contribution in [2.24, 2.45) is 5.92 Å². The summed E-state index contributed by atoms with van der Waals surface area (Å²) in [5.41, 5.74) is 0.866. The van der Waals surface area contributed by atoms with Crippen molar-refractivity contribution in [2.45, 2.75) is 6.92 Å². The molecule has 0 saturated carbocycles. The standard InChI is InChI=1S/C11H15NOS/c1-9(8-14-2)11(13)12-10-6-4-3-5-7-10/h3-7,9H,8H2,1-2H3,(H,12,13). The molecule has 0 aromatic heterocycles. The van der Waals surface area contributed by atoms with Crippen LogP contribution in [0.4, 0.5) is 5.69 Å². The second kappa shape index (κ2) is 5.70. The first kappa shape index (κ1) is 11.1. The van der Waals surface area contributed by atoms with Gasteiger partial charge in [-0.15, -0.1) is 0 Å². The van der Waals surface area contributed by atoms with Crippen molar-refractivity contribution in [3.8, 4) is 0 Å². The van der Waals surface area contributed by atoms with E-state index >= 15 is 0 Å². The molecule has 1 aromatic carbocycles. The van der Waals surface area contributed by atoms with Gasteiger partial charge in [0.2, 0.25) is 5.91 Å². The number of carbonyl (C=O) groups excluding carboxylic acids is 1. The third-order valence-corrected chi connectivity index (χ3v) is 2.74. The summed E-state index contributed by atoms with van der Waals surface area (Å²) in [7, 11) is 0. The van der Waals surface area contributed by atoms with Crippen molar-refractivity contribution in [1.29, 1.82) is 0 Å². The van der Waals surface area contributed by atoms with Gasteiger partial charge in [0, 0.05) is 17.4 Å². The van der Waals surface area contributed by atoms with Crippen LogP contribution in [0.25, 0.3) is 0 Å². The van der Waals surface area contributed by atoms with Crippen molar-refractivity contribution >= 4 is 23.4 Å². The van der Waals surface area contributed by atoms with E-state index in [1.807, 2.05) is 43.5 Å². The summed E-state index contributed by atoms with van der Waals surface area (Å²) >= 11 is 1.69. The van der Waals surface area contributed by atoms with E-state index in [1.54, 1.807) is 11.8 Å². The number of hydrogen-bond donors (Lipinski definition) is 1. The molecule has 0 fully saturated rings. The highest BCUT2D eigenvalue weighted by atomic mass is 32.2. The van der Waals surface area contributed by atoms with Gasteiger partial charge in [-0.1, -0.05) is 25.1 Å². The molecule has 1 N–H and O–H groups in total. The lowest BCUT2D eigenvalue weighted by molar-refractivity contribution is -0.118. The Bertz CT molecular complexity index is 287. The molecule has 1 rings (SSSR count). The zero-order chi connectivity index (χ0) is 10.4. The Morgan fingerprint density at radius 1 is 1.43 bits per heavy atom. The number of carbonyl (C=O) groups is 1. The zero-order valence-electron chi connectivity index (χ0n) is 8.49. The Balaban J connectivity index is 2.49. The van der Waals surface area contributed by atoms with Gasteiger partial charge in [0.25, 0.3) is 0 Å². The van der Waals surface area contributed by atoms with Gasteiger partial charge >= 0.3 is 0 Å². The third-order valence-electron chi connectivity index (χ3n) is 1.91. The van der Waals surface area contributed by atoms with Crippen LogP contribution in [0.3, 0.4) is 0 Å². The van der Waals surface area contributed by atoms with Gasteiger partial charge in [-0.2, -0.15) is 11.8 Å². The van der Waals surface area contributed by atoms with Crippen LogP contribution in [0.15, 0.2) is 30.3 Å². The maximum atomic E-state index is 11.6. The molecule has 76 valence electrons. The number of amides is 1. The van der Waals surface area contributed by atoms with E-state index in [0.717, 1.165) is 11.4 Å². The molecule has 0 saturated heterocycles. The van der Waals surface area contributed by atoms with Gasteiger partial charge in [0.05, 0.1) is 0 Å². The molecule has 2 nitrogen and oxygen atoms in total. The van der Waals surface area contributed by atoms with Gasteiger partial charge in [0.15, 0.2) is 0 Å². The molecule has 1 aromatic rings. The fourth-order valence-corrected chi connectivity index (χ4v) is 1.76. The van der Waals surface area contributed by atoms with E-state index in [-0.39, 0.29) is 11.8 Å². The monoisotopic (exact) mass is 209 g/mol. The van der Waals surface area contributed by atoms with Gasteiger partial charge in [-0.25, -0.2) is 0 Å². The topological polar surface area (TPSA) is 29.1 Å². The first-order valence-electron chi connectivity index (χ1n) is 4.59. The number of anilines is 1. The van der Waals surface area contributed by atoms with E-state index < -0.39 is 0 Å². The minimum Gasteiger partial charge on any atom is -0.326 e. The van der Waals surface area contributed by atoms with Crippen LogP contribution in [0, 0.1) is 5.92 Å². The van der Waals surface area contributed by atoms with Crippen molar-refractivity contribution < 1.29 is 4.79 Å². The van der Waals surface area contributed by atoms with Crippen LogP contribution in [0.2, 0.25) is 0 Å². The molecular formula is C11H15NOS. The van der Waals surface area contributed by atoms with Crippen LogP contribution >= 0.6 is 11.8 Å². The van der Waals surface area contributed by atoms with Crippen LogP contribution in [-0.4, -0.2) is 17.9 Å². The maximum absolute atomic E-state index is 11.6. The molecule has 1 unspecified atom stereocenters. The Morgan fingerprint density at radius 2 is 2.07 bits per heavy atom. The van der Waals surface area contributed by atoms with Gasteiger partial charge < -0.3 is 5.32 Å². The SMILES string of the molecule is CSCC(C)C(=O)Nc1ccccc1. The summed E-state index contributed by atoms with van der Waals surface area (Å²) < 4.78 is 0. The van der Waals surface area contributed by atoms with Crippen LogP contribution in [-0.2, 0) is 4.79 Å². The van der Waals surface area contributed by atoms with Crippen molar-refractivity contribution in [3.63, 3.8) is 0 Å². The molecule has 0 heterocycles. The second-order valence-electron chi connectivity index (χ2n) is 3.21. The van der Waals surface area contributed by atoms with Gasteiger partial charge in [-0.05, 0) is 18.4 Å². The number of rotatable bonds is 4. The highest BCUT2D eigenvalue weighted by molar-refractivity contribution is 7.98. The average Bonchev–Trinajstić information content (AvgIpc) is 2.19. The van der Waals surface area contributed by atoms with Crippen molar-refractivity contribution in [3.05, 3.63) is 30.3 Å². The number of para-hydroxylation sites is 1. The average molecular weight is 209 g/mol. The highest BCUT2D eigenvalue weighted by Gasteiger charge is 2.11. The highest BCUT2D eigenvalue weighted by Crippen LogP contribution is 2.10. The van der Waals surface area contributed by atoms with Crippen LogP contribution in [0.1, 0.15) is 6.92 Å². The van der Waals surface area contributed by atoms with E-state index in [9.17, 15) is 4.79 Å². The molecule has 0 aliphatic rings. The Morgan fingerprint density at radius 3 is 2.64 bits per heavy atom. The van der Waals surface area contributed by atoms with Gasteiger partial charge in [-0.3, -0.25) is 4.79 Å². The summed E-state index contributed by atoms with van der Waals surface area (Å²) in [6, 6.07) is 9.54. The van der Waals surface area contributed by atoms with Gasteiger partial charge in [0.1, 0.15) is 0 Å². The van der Waals surface area contributed by atoms with E-state index in [1.165, 1.54) is 0 Å². The fourth-order valence-electron chi connectivity index (χ4n) is 1.11. The normalized spacial score (nSPS) is 12.1. The molecule has 0 aliphatic carbocycles. The van der Waals surface area contributed by atoms with Crippen molar-refractivity contribution in [1.82, 2.24) is 0 Å². The fraction of sp³-hybridized carbons (Fsp3) is 0.364. The molecule has 0 radical (unpaired) electrons. The molecule has 3 heteroatoms. The Labute approximate surface area is 89.1 Å². The van der Waals surface area contributed by atoms with Crippen molar-refractivity contribution in [2.75, 3.05) is 17.3 Å². The number of benzene rings is 1. The van der Waals surface area contributed by atoms with E-state index in [2.05, 4.69) is 5.32 Å². The predicted molar refractivity (Wildman–Crippen MR) is 62.6 cm³/mol. The minimum atomic E-state index is 0.0604. The summed E-state index contributed by atoms with van der Waals surface area (Å²) in [4.78, 5) is 11.6. The number of nitrogens with one attached hydrogen (secondary N) is 1. The molecule has 0 aliphatic heterocycles. The predicted octanol–water partition coefficient (Wildman–Crippen LogP) is 2.62. The lowest BCUT2D eigenvalue weighted by atomic mass is 10.2. The van der Waals surface area contributed by atoms with Crippen LogP contribution in [0.5, 0.6) is 0 Å².